The topological polar surface area (TPSA) is 57.5 Å². The average Bonchev–Trinajstić information content (AvgIpc) is 2.52. The number of carboxylic acid groups (broad SMARTS) is 1. The number of allylic oxidation sites excluding steroid dienone is 8. The fraction of sp³-hybridized carbons (Fsp3) is 0.450. The van der Waals surface area contributed by atoms with Crippen molar-refractivity contribution in [3.05, 3.63) is 60.8 Å². The van der Waals surface area contributed by atoms with Gasteiger partial charge in [0.2, 0.25) is 0 Å². The lowest BCUT2D eigenvalue weighted by Gasteiger charge is -1.98. The lowest BCUT2D eigenvalue weighted by molar-refractivity contribution is -0.137. The maximum Gasteiger partial charge on any atom is 0.303 e. The maximum absolute atomic E-state index is 10.3. The number of aliphatic hydroxyl groups is 1. The molecule has 0 saturated heterocycles. The van der Waals surface area contributed by atoms with Crippen LogP contribution in [0.5, 0.6) is 0 Å². The summed E-state index contributed by atoms with van der Waals surface area (Å²) in [6.45, 7) is 2.12. The van der Waals surface area contributed by atoms with Gasteiger partial charge >= 0.3 is 5.97 Å². The largest absolute Gasteiger partial charge is 0.481 e. The molecule has 0 amide bonds. The summed E-state index contributed by atoms with van der Waals surface area (Å²) in [5.74, 6) is -0.761. The molecule has 0 saturated carbocycles. The van der Waals surface area contributed by atoms with E-state index in [1.165, 1.54) is 0 Å². The summed E-state index contributed by atoms with van der Waals surface area (Å²) >= 11 is 0. The lowest BCUT2D eigenvalue weighted by atomic mass is 10.2. The molecule has 0 aromatic heterocycles. The van der Waals surface area contributed by atoms with Crippen molar-refractivity contribution in [2.45, 2.75) is 58.0 Å². The van der Waals surface area contributed by atoms with E-state index in [1.807, 2.05) is 18.2 Å². The molecule has 0 rings (SSSR count). The molecule has 0 aliphatic rings. The van der Waals surface area contributed by atoms with Gasteiger partial charge in [0.05, 0.1) is 6.10 Å². The predicted octanol–water partition coefficient (Wildman–Crippen LogP) is 4.96. The zero-order chi connectivity index (χ0) is 17.2. The molecule has 2 N–H and O–H groups in total. The summed E-state index contributed by atoms with van der Waals surface area (Å²) in [4.78, 5) is 10.3. The van der Waals surface area contributed by atoms with E-state index >= 15 is 0 Å². The molecule has 0 heterocycles. The predicted molar refractivity (Wildman–Crippen MR) is 97.3 cm³/mol. The van der Waals surface area contributed by atoms with Crippen LogP contribution in [0, 0.1) is 0 Å². The molecule has 23 heavy (non-hydrogen) atoms. The Balaban J connectivity index is 3.68. The Morgan fingerprint density at radius 2 is 1.61 bits per heavy atom. The van der Waals surface area contributed by atoms with Crippen molar-refractivity contribution >= 4 is 5.97 Å². The molecule has 128 valence electrons. The highest BCUT2D eigenvalue weighted by Gasteiger charge is 1.94. The Morgan fingerprint density at radius 3 is 2.26 bits per heavy atom. The van der Waals surface area contributed by atoms with E-state index in [2.05, 4.69) is 37.3 Å². The number of hydrogen-bond donors (Lipinski definition) is 2. The van der Waals surface area contributed by atoms with Gasteiger partial charge in [0.1, 0.15) is 0 Å². The van der Waals surface area contributed by atoms with Crippen molar-refractivity contribution in [1.82, 2.24) is 0 Å². The smallest absolute Gasteiger partial charge is 0.303 e. The van der Waals surface area contributed by atoms with Gasteiger partial charge in [-0.25, -0.2) is 0 Å². The van der Waals surface area contributed by atoms with E-state index in [9.17, 15) is 9.90 Å². The molecular formula is C20H30O3. The Kier molecular flexibility index (Phi) is 15.2. The molecule has 0 aromatic rings. The first-order valence-electron chi connectivity index (χ1n) is 8.35. The third-order valence-corrected chi connectivity index (χ3v) is 3.00. The fourth-order valence-corrected chi connectivity index (χ4v) is 1.76. The van der Waals surface area contributed by atoms with Gasteiger partial charge in [-0.3, -0.25) is 4.79 Å². The van der Waals surface area contributed by atoms with Crippen LogP contribution in [0.25, 0.3) is 0 Å². The van der Waals surface area contributed by atoms with Crippen molar-refractivity contribution < 1.29 is 15.0 Å². The molecule has 0 aliphatic carbocycles. The van der Waals surface area contributed by atoms with Gasteiger partial charge in [-0.1, -0.05) is 67.7 Å². The molecule has 0 aromatic carbocycles. The number of carbonyl (C=O) groups is 1. The summed E-state index contributed by atoms with van der Waals surface area (Å²) in [6.07, 6.45) is 24.6. The third-order valence-electron chi connectivity index (χ3n) is 3.00. The minimum atomic E-state index is -0.761. The Labute approximate surface area is 140 Å². The van der Waals surface area contributed by atoms with Gasteiger partial charge in [0.25, 0.3) is 0 Å². The molecule has 1 atom stereocenters. The van der Waals surface area contributed by atoms with Crippen LogP contribution in [0.3, 0.4) is 0 Å². The monoisotopic (exact) mass is 318 g/mol. The zero-order valence-electron chi connectivity index (χ0n) is 14.1. The highest BCUT2D eigenvalue weighted by molar-refractivity contribution is 5.66. The van der Waals surface area contributed by atoms with Gasteiger partial charge < -0.3 is 10.2 Å². The van der Waals surface area contributed by atoms with E-state index in [0.29, 0.717) is 12.8 Å². The van der Waals surface area contributed by atoms with Gasteiger partial charge in [-0.15, -0.1) is 0 Å². The molecule has 0 radical (unpaired) electrons. The van der Waals surface area contributed by atoms with Crippen molar-refractivity contribution in [1.29, 1.82) is 0 Å². The van der Waals surface area contributed by atoms with E-state index in [0.717, 1.165) is 25.7 Å². The normalized spacial score (nSPS) is 14.2. The number of hydrogen-bond acceptors (Lipinski definition) is 2. The first kappa shape index (κ1) is 21.1. The van der Waals surface area contributed by atoms with Crippen LogP contribution in [0.1, 0.15) is 51.9 Å². The third kappa shape index (κ3) is 18.1. The van der Waals surface area contributed by atoms with Crippen molar-refractivity contribution in [2.24, 2.45) is 0 Å². The highest BCUT2D eigenvalue weighted by Crippen LogP contribution is 2.00. The number of rotatable bonds is 13. The average molecular weight is 318 g/mol. The number of aliphatic hydroxyl groups excluding tert-OH is 1. The summed E-state index contributed by atoms with van der Waals surface area (Å²) < 4.78 is 0. The van der Waals surface area contributed by atoms with Crippen LogP contribution in [0.2, 0.25) is 0 Å². The molecule has 0 spiro atoms. The van der Waals surface area contributed by atoms with E-state index in [4.69, 9.17) is 5.11 Å². The number of aliphatic carboxylic acids is 1. The van der Waals surface area contributed by atoms with Crippen molar-refractivity contribution in [3.8, 4) is 0 Å². The minimum absolute atomic E-state index is 0.199. The van der Waals surface area contributed by atoms with E-state index in [1.54, 1.807) is 12.2 Å². The summed E-state index contributed by atoms with van der Waals surface area (Å²) in [7, 11) is 0. The second-order valence-electron chi connectivity index (χ2n) is 5.20. The summed E-state index contributed by atoms with van der Waals surface area (Å²) in [5, 5.41) is 18.2. The van der Waals surface area contributed by atoms with Crippen molar-refractivity contribution in [2.75, 3.05) is 0 Å². The van der Waals surface area contributed by atoms with Gasteiger partial charge in [-0.05, 0) is 38.5 Å². The van der Waals surface area contributed by atoms with Gasteiger partial charge in [-0.2, -0.15) is 0 Å². The Hall–Kier alpha value is -1.87. The maximum atomic E-state index is 10.3. The molecule has 0 fully saturated rings. The Bertz CT molecular complexity index is 428. The van der Waals surface area contributed by atoms with Gasteiger partial charge in [0, 0.05) is 6.42 Å². The standard InChI is InChI=1S/C20H30O3/c1-2-3-4-5-6-7-8-10-13-16-19(21)17-14-11-9-12-15-18-20(22)23/h3-4,6-7,9-11,13-14,17,19,21H,2,5,8,12,15-16,18H2,1H3,(H,22,23). The molecule has 3 heteroatoms. The van der Waals surface area contributed by atoms with Crippen molar-refractivity contribution in [3.63, 3.8) is 0 Å². The first-order chi connectivity index (χ1) is 11.2. The lowest BCUT2D eigenvalue weighted by Crippen LogP contribution is -1.98. The molecule has 0 aliphatic heterocycles. The number of carboxylic acids is 1. The minimum Gasteiger partial charge on any atom is -0.481 e. The van der Waals surface area contributed by atoms with Gasteiger partial charge in [0.15, 0.2) is 0 Å². The molecule has 3 nitrogen and oxygen atoms in total. The second kappa shape index (κ2) is 16.5. The molecular weight excluding hydrogens is 288 g/mol. The zero-order valence-corrected chi connectivity index (χ0v) is 14.1. The van der Waals surface area contributed by atoms with E-state index in [-0.39, 0.29) is 6.42 Å². The van der Waals surface area contributed by atoms with Crippen LogP contribution >= 0.6 is 0 Å². The SMILES string of the molecule is CCC=CCC=CCC=CCC(O)C=CC=CCCCC(=O)O. The van der Waals surface area contributed by atoms with Crippen LogP contribution in [0.4, 0.5) is 0 Å². The molecule has 1 unspecified atom stereocenters. The summed E-state index contributed by atoms with van der Waals surface area (Å²) in [6, 6.07) is 0. The Morgan fingerprint density at radius 1 is 0.957 bits per heavy atom. The summed E-state index contributed by atoms with van der Waals surface area (Å²) in [5.41, 5.74) is 0. The number of unbranched alkanes of at least 4 members (excludes halogenated alkanes) is 1. The first-order valence-corrected chi connectivity index (χ1v) is 8.35. The van der Waals surface area contributed by atoms with Crippen LogP contribution < -0.4 is 0 Å². The quantitative estimate of drug-likeness (QED) is 0.286. The fourth-order valence-electron chi connectivity index (χ4n) is 1.76. The van der Waals surface area contributed by atoms with E-state index < -0.39 is 12.1 Å². The van der Waals surface area contributed by atoms with Crippen LogP contribution in [-0.2, 0) is 4.79 Å². The molecule has 0 bridgehead atoms. The van der Waals surface area contributed by atoms with Crippen LogP contribution in [-0.4, -0.2) is 22.3 Å². The van der Waals surface area contributed by atoms with Crippen LogP contribution in [0.15, 0.2) is 60.8 Å². The highest BCUT2D eigenvalue weighted by atomic mass is 16.4. The second-order valence-corrected chi connectivity index (χ2v) is 5.20.